The Hall–Kier alpha value is -0.900. The van der Waals surface area contributed by atoms with E-state index in [0.717, 1.165) is 32.5 Å². The van der Waals surface area contributed by atoms with Crippen molar-refractivity contribution in [2.24, 2.45) is 5.92 Å². The van der Waals surface area contributed by atoms with Crippen molar-refractivity contribution in [1.29, 1.82) is 0 Å². The van der Waals surface area contributed by atoms with Crippen molar-refractivity contribution in [2.45, 2.75) is 19.8 Å². The van der Waals surface area contributed by atoms with Crippen LogP contribution in [0.4, 0.5) is 0 Å². The fourth-order valence-corrected chi connectivity index (χ4v) is 2.07. The number of rotatable bonds is 11. The highest BCUT2D eigenvalue weighted by atomic mass is 16.5. The third kappa shape index (κ3) is 7.98. The first-order valence-corrected chi connectivity index (χ1v) is 7.18. The molecule has 1 aromatic carbocycles. The third-order valence-corrected chi connectivity index (χ3v) is 3.15. The van der Waals surface area contributed by atoms with Gasteiger partial charge in [0.25, 0.3) is 0 Å². The summed E-state index contributed by atoms with van der Waals surface area (Å²) >= 11 is 0. The van der Waals surface area contributed by atoms with Gasteiger partial charge in [0.2, 0.25) is 0 Å². The summed E-state index contributed by atoms with van der Waals surface area (Å²) in [5.74, 6) is 0.630. The topological polar surface area (TPSA) is 30.5 Å². The van der Waals surface area contributed by atoms with E-state index in [1.54, 1.807) is 7.11 Å². The molecule has 3 heteroatoms. The molecule has 3 nitrogen and oxygen atoms in total. The molecule has 19 heavy (non-hydrogen) atoms. The van der Waals surface area contributed by atoms with Crippen molar-refractivity contribution in [3.63, 3.8) is 0 Å². The van der Waals surface area contributed by atoms with Gasteiger partial charge in [0.1, 0.15) is 0 Å². The Labute approximate surface area is 117 Å². The lowest BCUT2D eigenvalue weighted by atomic mass is 9.96. The molecule has 0 aliphatic heterocycles. The van der Waals surface area contributed by atoms with E-state index < -0.39 is 0 Å². The van der Waals surface area contributed by atoms with Gasteiger partial charge in [0.15, 0.2) is 0 Å². The monoisotopic (exact) mass is 265 g/mol. The van der Waals surface area contributed by atoms with Gasteiger partial charge in [-0.3, -0.25) is 0 Å². The van der Waals surface area contributed by atoms with Gasteiger partial charge in [-0.05, 0) is 37.4 Å². The molecule has 0 saturated heterocycles. The zero-order valence-electron chi connectivity index (χ0n) is 12.2. The van der Waals surface area contributed by atoms with Gasteiger partial charge < -0.3 is 14.8 Å². The summed E-state index contributed by atoms with van der Waals surface area (Å²) in [6.45, 7) is 6.40. The van der Waals surface area contributed by atoms with Crippen molar-refractivity contribution in [3.05, 3.63) is 35.9 Å². The highest BCUT2D eigenvalue weighted by molar-refractivity contribution is 5.15. The van der Waals surface area contributed by atoms with E-state index in [9.17, 15) is 0 Å². The summed E-state index contributed by atoms with van der Waals surface area (Å²) in [6.07, 6.45) is 2.20. The van der Waals surface area contributed by atoms with E-state index in [0.29, 0.717) is 19.1 Å². The molecule has 0 amide bonds. The first kappa shape index (κ1) is 16.2. The molecule has 1 N–H and O–H groups in total. The number of nitrogens with one attached hydrogen (secondary N) is 1. The molecule has 108 valence electrons. The van der Waals surface area contributed by atoms with E-state index in [-0.39, 0.29) is 0 Å². The number of methoxy groups -OCH3 is 1. The quantitative estimate of drug-likeness (QED) is 0.624. The van der Waals surface area contributed by atoms with Gasteiger partial charge in [-0.25, -0.2) is 0 Å². The minimum Gasteiger partial charge on any atom is -0.382 e. The van der Waals surface area contributed by atoms with Crippen molar-refractivity contribution < 1.29 is 9.47 Å². The maximum Gasteiger partial charge on any atom is 0.0700 e. The molecule has 1 rings (SSSR count). The minimum atomic E-state index is 0.630. The Kier molecular flexibility index (Phi) is 9.33. The van der Waals surface area contributed by atoms with Gasteiger partial charge in [0, 0.05) is 13.7 Å². The van der Waals surface area contributed by atoms with Crippen molar-refractivity contribution in [3.8, 4) is 0 Å². The van der Waals surface area contributed by atoms with Crippen LogP contribution in [0.2, 0.25) is 0 Å². The number of hydrogen-bond donors (Lipinski definition) is 1. The van der Waals surface area contributed by atoms with E-state index in [4.69, 9.17) is 9.47 Å². The lowest BCUT2D eigenvalue weighted by Gasteiger charge is -2.17. The summed E-state index contributed by atoms with van der Waals surface area (Å²) in [4.78, 5) is 0. The Morgan fingerprint density at radius 3 is 2.58 bits per heavy atom. The van der Waals surface area contributed by atoms with Gasteiger partial charge in [-0.2, -0.15) is 0 Å². The van der Waals surface area contributed by atoms with Crippen LogP contribution in [0.3, 0.4) is 0 Å². The SMILES string of the molecule is CCNCC(CCOCCOC)Cc1ccccc1. The average Bonchev–Trinajstić information content (AvgIpc) is 2.45. The predicted octanol–water partition coefficient (Wildman–Crippen LogP) is 2.51. The maximum atomic E-state index is 5.57. The van der Waals surface area contributed by atoms with Crippen LogP contribution in [0.15, 0.2) is 30.3 Å². The molecular formula is C16H27NO2. The van der Waals surface area contributed by atoms with Crippen LogP contribution in [0.5, 0.6) is 0 Å². The van der Waals surface area contributed by atoms with Gasteiger partial charge in [-0.15, -0.1) is 0 Å². The third-order valence-electron chi connectivity index (χ3n) is 3.15. The standard InChI is InChI=1S/C16H27NO2/c1-3-17-14-16(9-10-19-12-11-18-2)13-15-7-5-4-6-8-15/h4-8,16-17H,3,9-14H2,1-2H3. The Morgan fingerprint density at radius 1 is 1.11 bits per heavy atom. The largest absolute Gasteiger partial charge is 0.382 e. The molecule has 0 saturated carbocycles. The van der Waals surface area contributed by atoms with Gasteiger partial charge >= 0.3 is 0 Å². The molecule has 0 aromatic heterocycles. The van der Waals surface area contributed by atoms with E-state index in [2.05, 4.69) is 42.6 Å². The smallest absolute Gasteiger partial charge is 0.0700 e. The lowest BCUT2D eigenvalue weighted by molar-refractivity contribution is 0.0636. The van der Waals surface area contributed by atoms with Crippen molar-refractivity contribution in [1.82, 2.24) is 5.32 Å². The summed E-state index contributed by atoms with van der Waals surface area (Å²) in [5.41, 5.74) is 1.40. The van der Waals surface area contributed by atoms with Crippen molar-refractivity contribution in [2.75, 3.05) is 40.0 Å². The fraction of sp³-hybridized carbons (Fsp3) is 0.625. The Balaban J connectivity index is 2.30. The minimum absolute atomic E-state index is 0.630. The summed E-state index contributed by atoms with van der Waals surface area (Å²) < 4.78 is 10.5. The zero-order chi connectivity index (χ0) is 13.8. The number of ether oxygens (including phenoxy) is 2. The van der Waals surface area contributed by atoms with E-state index >= 15 is 0 Å². The van der Waals surface area contributed by atoms with E-state index in [1.165, 1.54) is 5.56 Å². The second-order valence-electron chi connectivity index (χ2n) is 4.76. The maximum absolute atomic E-state index is 5.57. The fourth-order valence-electron chi connectivity index (χ4n) is 2.07. The van der Waals surface area contributed by atoms with Crippen LogP contribution < -0.4 is 5.32 Å². The molecule has 0 heterocycles. The molecule has 0 radical (unpaired) electrons. The summed E-state index contributed by atoms with van der Waals surface area (Å²) in [7, 11) is 1.70. The average molecular weight is 265 g/mol. The zero-order valence-corrected chi connectivity index (χ0v) is 12.2. The first-order valence-electron chi connectivity index (χ1n) is 7.18. The van der Waals surface area contributed by atoms with Crippen molar-refractivity contribution >= 4 is 0 Å². The molecule has 0 bridgehead atoms. The van der Waals surface area contributed by atoms with Crippen LogP contribution in [0, 0.1) is 5.92 Å². The van der Waals surface area contributed by atoms with Gasteiger partial charge in [0.05, 0.1) is 13.2 Å². The summed E-state index contributed by atoms with van der Waals surface area (Å²) in [6, 6.07) is 10.7. The lowest BCUT2D eigenvalue weighted by Crippen LogP contribution is -2.25. The van der Waals surface area contributed by atoms with Crippen LogP contribution >= 0.6 is 0 Å². The second kappa shape index (κ2) is 11.0. The van der Waals surface area contributed by atoms with Crippen LogP contribution in [-0.2, 0) is 15.9 Å². The molecular weight excluding hydrogens is 238 g/mol. The molecule has 0 spiro atoms. The second-order valence-corrected chi connectivity index (χ2v) is 4.76. The normalized spacial score (nSPS) is 12.5. The Bertz CT molecular complexity index is 303. The number of benzene rings is 1. The van der Waals surface area contributed by atoms with Gasteiger partial charge in [-0.1, -0.05) is 37.3 Å². The highest BCUT2D eigenvalue weighted by Crippen LogP contribution is 2.12. The van der Waals surface area contributed by atoms with Crippen LogP contribution in [-0.4, -0.2) is 40.0 Å². The molecule has 1 atom stereocenters. The van der Waals surface area contributed by atoms with E-state index in [1.807, 2.05) is 0 Å². The predicted molar refractivity (Wildman–Crippen MR) is 79.5 cm³/mol. The van der Waals surface area contributed by atoms with Crippen LogP contribution in [0.25, 0.3) is 0 Å². The first-order chi connectivity index (χ1) is 9.36. The summed E-state index contributed by atoms with van der Waals surface area (Å²) in [5, 5.41) is 3.44. The molecule has 0 aliphatic carbocycles. The molecule has 0 fully saturated rings. The molecule has 1 unspecified atom stereocenters. The number of hydrogen-bond acceptors (Lipinski definition) is 3. The molecule has 1 aromatic rings. The highest BCUT2D eigenvalue weighted by Gasteiger charge is 2.09. The van der Waals surface area contributed by atoms with Crippen LogP contribution in [0.1, 0.15) is 18.9 Å². The Morgan fingerprint density at radius 2 is 1.89 bits per heavy atom. The molecule has 0 aliphatic rings.